The van der Waals surface area contributed by atoms with Gasteiger partial charge in [0.25, 0.3) is 5.56 Å². The normalized spacial score (nSPS) is 16.0. The second-order valence-corrected chi connectivity index (χ2v) is 16.2. The van der Waals surface area contributed by atoms with Crippen molar-refractivity contribution in [2.24, 2.45) is 0 Å². The number of ether oxygens (including phenoxy) is 2. The smallest absolute Gasteiger partial charge is 0.262 e. The number of nitrogens with zero attached hydrogens (tertiary/aromatic N) is 4. The number of benzene rings is 3. The van der Waals surface area contributed by atoms with Crippen LogP contribution in [0.15, 0.2) is 96.3 Å². The van der Waals surface area contributed by atoms with Gasteiger partial charge in [-0.05, 0) is 89.9 Å². The van der Waals surface area contributed by atoms with E-state index in [4.69, 9.17) is 21.1 Å². The van der Waals surface area contributed by atoms with Crippen molar-refractivity contribution in [3.8, 4) is 39.8 Å². The molecule has 2 saturated heterocycles. The lowest BCUT2D eigenvalue weighted by Gasteiger charge is -2.19. The summed E-state index contributed by atoms with van der Waals surface area (Å²) in [5, 5.41) is 22.4. The number of rotatable bonds is 16. The average Bonchev–Trinajstić information content (AvgIpc) is 3.90. The minimum atomic E-state index is -0.130. The van der Waals surface area contributed by atoms with Crippen LogP contribution in [0.25, 0.3) is 27.9 Å². The van der Waals surface area contributed by atoms with Gasteiger partial charge in [0.2, 0.25) is 11.8 Å². The molecule has 0 bridgehead atoms. The van der Waals surface area contributed by atoms with Crippen LogP contribution in [0, 0.1) is 25.2 Å². The summed E-state index contributed by atoms with van der Waals surface area (Å²) in [6.45, 7) is 6.66. The zero-order chi connectivity index (χ0) is 43.2. The van der Waals surface area contributed by atoms with Gasteiger partial charge in [-0.1, -0.05) is 48.0 Å². The highest BCUT2D eigenvalue weighted by atomic mass is 35.5. The number of hydrogen-bond acceptors (Lipinski definition) is 10. The first-order chi connectivity index (χ1) is 30.1. The average molecular weight is 851 g/mol. The van der Waals surface area contributed by atoms with E-state index in [-0.39, 0.29) is 42.7 Å². The monoisotopic (exact) mass is 850 g/mol. The number of nitrogens with one attached hydrogen (secondary N) is 4. The molecule has 316 valence electrons. The molecule has 8 rings (SSSR count). The highest BCUT2D eigenvalue weighted by Gasteiger charge is 2.22. The molecule has 0 spiro atoms. The van der Waals surface area contributed by atoms with Gasteiger partial charge < -0.3 is 30.7 Å². The minimum Gasteiger partial charge on any atom is -0.488 e. The Bertz CT molecular complexity index is 2770. The Balaban J connectivity index is 0.985. The molecule has 1 unspecified atom stereocenters. The van der Waals surface area contributed by atoms with E-state index in [1.54, 1.807) is 35.1 Å². The molecular formula is C48H47ClN8O5. The van der Waals surface area contributed by atoms with Gasteiger partial charge in [-0.15, -0.1) is 0 Å². The summed E-state index contributed by atoms with van der Waals surface area (Å²) in [6.07, 6.45) is 9.23. The third kappa shape index (κ3) is 9.63. The molecule has 0 saturated carbocycles. The Hall–Kier alpha value is -6.59. The summed E-state index contributed by atoms with van der Waals surface area (Å²) in [5.41, 5.74) is 10.3. The fourth-order valence-electron chi connectivity index (χ4n) is 8.10. The van der Waals surface area contributed by atoms with Crippen LogP contribution in [0.3, 0.4) is 0 Å². The van der Waals surface area contributed by atoms with Crippen LogP contribution >= 0.6 is 11.6 Å². The molecule has 2 aliphatic heterocycles. The zero-order valence-corrected chi connectivity index (χ0v) is 35.4. The molecule has 5 heterocycles. The first-order valence-electron chi connectivity index (χ1n) is 20.7. The van der Waals surface area contributed by atoms with Gasteiger partial charge in [-0.3, -0.25) is 23.8 Å². The SMILES string of the molecule is Cc1c(COc2cc(OCc3cncc(C#N)c3)c(CNC[C@@H]3CCC(=O)N3)cc2Cl)cccc1-c1cccc(-c2ccn3c(=O)c(CNCC4CCC(=O)N4)cnc3c2)c1C. The van der Waals surface area contributed by atoms with Crippen LogP contribution in [0.1, 0.15) is 64.6 Å². The van der Waals surface area contributed by atoms with Gasteiger partial charge in [0.15, 0.2) is 0 Å². The maximum Gasteiger partial charge on any atom is 0.262 e. The van der Waals surface area contributed by atoms with Crippen LogP contribution in [-0.4, -0.2) is 51.4 Å². The number of carbonyl (C=O) groups excluding carboxylic acids is 2. The summed E-state index contributed by atoms with van der Waals surface area (Å²) in [7, 11) is 0. The topological polar surface area (TPSA) is 172 Å². The lowest BCUT2D eigenvalue weighted by molar-refractivity contribution is -0.120. The van der Waals surface area contributed by atoms with Crippen molar-refractivity contribution in [3.63, 3.8) is 0 Å². The molecule has 3 aromatic heterocycles. The van der Waals surface area contributed by atoms with Crippen molar-refractivity contribution in [1.82, 2.24) is 35.6 Å². The maximum atomic E-state index is 13.4. The van der Waals surface area contributed by atoms with Gasteiger partial charge in [0.1, 0.15) is 36.4 Å². The Labute approximate surface area is 364 Å². The minimum absolute atomic E-state index is 0.0651. The van der Waals surface area contributed by atoms with Crippen molar-refractivity contribution < 1.29 is 19.1 Å². The largest absolute Gasteiger partial charge is 0.488 e. The molecule has 2 fully saturated rings. The number of carbonyl (C=O) groups is 2. The lowest BCUT2D eigenvalue weighted by atomic mass is 9.90. The summed E-state index contributed by atoms with van der Waals surface area (Å²) in [5.74, 6) is 1.17. The van der Waals surface area contributed by atoms with Gasteiger partial charge in [-0.25, -0.2) is 4.98 Å². The van der Waals surface area contributed by atoms with E-state index in [9.17, 15) is 19.6 Å². The van der Waals surface area contributed by atoms with E-state index in [1.807, 2.05) is 36.4 Å². The summed E-state index contributed by atoms with van der Waals surface area (Å²) in [4.78, 5) is 45.4. The quantitative estimate of drug-likeness (QED) is 0.0848. The number of hydrogen-bond donors (Lipinski definition) is 4. The molecule has 0 aliphatic carbocycles. The predicted molar refractivity (Wildman–Crippen MR) is 237 cm³/mol. The Morgan fingerprint density at radius 2 is 1.45 bits per heavy atom. The molecule has 2 amide bonds. The van der Waals surface area contributed by atoms with Crippen LogP contribution in [0.4, 0.5) is 0 Å². The van der Waals surface area contributed by atoms with Gasteiger partial charge >= 0.3 is 0 Å². The first kappa shape index (κ1) is 42.1. The molecule has 3 aromatic carbocycles. The predicted octanol–water partition coefficient (Wildman–Crippen LogP) is 6.46. The fourth-order valence-corrected chi connectivity index (χ4v) is 8.34. The first-order valence-corrected chi connectivity index (χ1v) is 21.1. The lowest BCUT2D eigenvalue weighted by Crippen LogP contribution is -2.36. The number of fused-ring (bicyclic) bond motifs is 1. The molecule has 4 N–H and O–H groups in total. The van der Waals surface area contributed by atoms with E-state index in [0.29, 0.717) is 72.3 Å². The summed E-state index contributed by atoms with van der Waals surface area (Å²) < 4.78 is 14.3. The molecule has 62 heavy (non-hydrogen) atoms. The van der Waals surface area contributed by atoms with E-state index >= 15 is 0 Å². The van der Waals surface area contributed by atoms with E-state index in [1.165, 1.54) is 6.20 Å². The number of halogens is 1. The highest BCUT2D eigenvalue weighted by Crippen LogP contribution is 2.37. The maximum absolute atomic E-state index is 13.4. The van der Waals surface area contributed by atoms with E-state index < -0.39 is 0 Å². The fraction of sp³-hybridized carbons (Fsp3) is 0.292. The van der Waals surface area contributed by atoms with E-state index in [0.717, 1.165) is 62.9 Å². The molecule has 2 atom stereocenters. The molecule has 2 aliphatic rings. The third-order valence-electron chi connectivity index (χ3n) is 11.6. The third-order valence-corrected chi connectivity index (χ3v) is 11.9. The molecular weight excluding hydrogens is 804 g/mol. The Morgan fingerprint density at radius 1 is 0.774 bits per heavy atom. The van der Waals surface area contributed by atoms with Crippen LogP contribution in [0.5, 0.6) is 11.5 Å². The van der Waals surface area contributed by atoms with Crippen molar-refractivity contribution in [2.75, 3.05) is 13.1 Å². The second kappa shape index (κ2) is 19.0. The molecule has 6 aromatic rings. The van der Waals surface area contributed by atoms with Crippen molar-refractivity contribution in [1.29, 1.82) is 5.26 Å². The Morgan fingerprint density at radius 3 is 2.16 bits per heavy atom. The van der Waals surface area contributed by atoms with Gasteiger partial charge in [0.05, 0.1) is 10.6 Å². The number of amides is 2. The van der Waals surface area contributed by atoms with Crippen molar-refractivity contribution in [2.45, 2.75) is 77.9 Å². The summed E-state index contributed by atoms with van der Waals surface area (Å²) in [6, 6.07) is 23.9. The molecule has 13 nitrogen and oxygen atoms in total. The van der Waals surface area contributed by atoms with Gasteiger partial charge in [-0.2, -0.15) is 5.26 Å². The second-order valence-electron chi connectivity index (χ2n) is 15.8. The molecule has 0 radical (unpaired) electrons. The Kier molecular flexibility index (Phi) is 12.9. The van der Waals surface area contributed by atoms with Crippen molar-refractivity contribution in [3.05, 3.63) is 146 Å². The zero-order valence-electron chi connectivity index (χ0n) is 34.6. The molecule has 14 heteroatoms. The standard InChI is InChI=1S/C48H47ClN8O5/c1-29-34(28-62-44-18-43(61-27-32-15-31(19-50)20-51-21-32)35(16-42(44)49)22-52-25-37-9-11-46(58)55-37)5-3-7-40(29)41-8-4-6-39(30(41)2)33-13-14-57-45(17-33)54-24-36(48(57)60)23-53-26-38-10-12-47(59)56-38/h3-8,13-18,20-21,24,37-38,52-53H,9-12,22-23,25-28H2,1-2H3,(H,55,58)(H,56,59)/t37-,38?/m0/s1. The van der Waals surface area contributed by atoms with Crippen LogP contribution < -0.4 is 36.3 Å². The number of nitriles is 1. The number of aromatic nitrogens is 3. The van der Waals surface area contributed by atoms with Crippen LogP contribution in [0.2, 0.25) is 5.02 Å². The summed E-state index contributed by atoms with van der Waals surface area (Å²) >= 11 is 6.86. The number of pyridine rings is 2. The van der Waals surface area contributed by atoms with Crippen LogP contribution in [-0.2, 0) is 35.9 Å². The van der Waals surface area contributed by atoms with Crippen molar-refractivity contribution >= 4 is 29.1 Å². The van der Waals surface area contributed by atoms with Gasteiger partial charge in [0, 0.05) is 98.6 Å². The highest BCUT2D eigenvalue weighted by molar-refractivity contribution is 6.32. The van der Waals surface area contributed by atoms with E-state index in [2.05, 4.69) is 69.4 Å².